The van der Waals surface area contributed by atoms with Gasteiger partial charge in [0, 0.05) is 34.8 Å². The predicted octanol–water partition coefficient (Wildman–Crippen LogP) is 3.81. The van der Waals surface area contributed by atoms with Gasteiger partial charge < -0.3 is 14.9 Å². The summed E-state index contributed by atoms with van der Waals surface area (Å²) in [7, 11) is 1.39. The van der Waals surface area contributed by atoms with E-state index in [2.05, 4.69) is 4.74 Å². The number of unbranched alkanes of at least 4 members (excludes halogenated alkanes) is 3. The molecule has 0 saturated heterocycles. The summed E-state index contributed by atoms with van der Waals surface area (Å²) in [6.07, 6.45) is 4.24. The number of thioether (sulfide) groups is 1. The van der Waals surface area contributed by atoms with E-state index in [0.29, 0.717) is 23.6 Å². The van der Waals surface area contributed by atoms with Gasteiger partial charge in [0.2, 0.25) is 0 Å². The molecule has 0 heterocycles. The fourth-order valence-electron chi connectivity index (χ4n) is 3.78. The number of esters is 1. The molecule has 1 aliphatic carbocycles. The van der Waals surface area contributed by atoms with Crippen LogP contribution in [0.2, 0.25) is 5.02 Å². The van der Waals surface area contributed by atoms with Gasteiger partial charge in [0.15, 0.2) is 0 Å². The van der Waals surface area contributed by atoms with Crippen LogP contribution in [-0.2, 0) is 20.7 Å². The Balaban J connectivity index is 1.74. The number of carbonyl (C=O) groups excluding carboxylic acids is 2. The van der Waals surface area contributed by atoms with Crippen molar-refractivity contribution < 1.29 is 24.5 Å². The normalized spacial score (nSPS) is 22.6. The number of carbonyl (C=O) groups is 2. The Morgan fingerprint density at radius 2 is 2.07 bits per heavy atom. The number of ether oxygens (including phenoxy) is 1. The van der Waals surface area contributed by atoms with Crippen LogP contribution in [0.4, 0.5) is 0 Å². The molecule has 0 spiro atoms. The molecular weight excluding hydrogens is 412 g/mol. The van der Waals surface area contributed by atoms with E-state index in [1.807, 2.05) is 18.2 Å². The summed E-state index contributed by atoms with van der Waals surface area (Å²) in [5, 5.41) is 21.2. The highest BCUT2D eigenvalue weighted by Gasteiger charge is 2.41. The maximum atomic E-state index is 12.3. The zero-order chi connectivity index (χ0) is 21.2. The summed E-state index contributed by atoms with van der Waals surface area (Å²) in [5.41, 5.74) is 0.970. The van der Waals surface area contributed by atoms with E-state index in [1.54, 1.807) is 6.07 Å². The SMILES string of the molecule is COC(=O)CCCCCC[C@H]1C(=O)CC(O)[C@@H]1SCC(O)Cc1cccc(Cl)c1. The van der Waals surface area contributed by atoms with Crippen LogP contribution in [0.5, 0.6) is 0 Å². The minimum atomic E-state index is -0.643. The van der Waals surface area contributed by atoms with Crippen molar-refractivity contribution in [1.29, 1.82) is 0 Å². The molecular formula is C22H31ClO5S. The fraction of sp³-hybridized carbons (Fsp3) is 0.636. The predicted molar refractivity (Wildman–Crippen MR) is 116 cm³/mol. The summed E-state index contributed by atoms with van der Waals surface area (Å²) in [4.78, 5) is 23.4. The van der Waals surface area contributed by atoms with Gasteiger partial charge in [-0.25, -0.2) is 0 Å². The van der Waals surface area contributed by atoms with Gasteiger partial charge in [-0.2, -0.15) is 11.8 Å². The number of hydrogen-bond donors (Lipinski definition) is 2. The molecule has 0 bridgehead atoms. The smallest absolute Gasteiger partial charge is 0.305 e. The van der Waals surface area contributed by atoms with Crippen molar-refractivity contribution in [1.82, 2.24) is 0 Å². The van der Waals surface area contributed by atoms with Crippen molar-refractivity contribution in [3.05, 3.63) is 34.9 Å². The number of methoxy groups -OCH3 is 1. The Labute approximate surface area is 182 Å². The minimum Gasteiger partial charge on any atom is -0.469 e. The van der Waals surface area contributed by atoms with Gasteiger partial charge in [0.25, 0.3) is 0 Å². The number of aliphatic hydroxyl groups excluding tert-OH is 2. The summed E-state index contributed by atoms with van der Waals surface area (Å²) >= 11 is 7.48. The Morgan fingerprint density at radius 3 is 2.79 bits per heavy atom. The maximum absolute atomic E-state index is 12.3. The van der Waals surface area contributed by atoms with Crippen LogP contribution in [0, 0.1) is 5.92 Å². The first kappa shape index (κ1) is 24.2. The van der Waals surface area contributed by atoms with Crippen molar-refractivity contribution in [2.45, 2.75) is 68.8 Å². The summed E-state index contributed by atoms with van der Waals surface area (Å²) in [6, 6.07) is 7.42. The number of hydrogen-bond acceptors (Lipinski definition) is 6. The van der Waals surface area contributed by atoms with E-state index in [-0.39, 0.29) is 29.3 Å². The van der Waals surface area contributed by atoms with E-state index in [1.165, 1.54) is 18.9 Å². The molecule has 29 heavy (non-hydrogen) atoms. The van der Waals surface area contributed by atoms with Crippen molar-refractivity contribution >= 4 is 35.1 Å². The van der Waals surface area contributed by atoms with E-state index < -0.39 is 12.2 Å². The number of aliphatic hydroxyl groups is 2. The van der Waals surface area contributed by atoms with Crippen LogP contribution in [-0.4, -0.2) is 52.3 Å². The van der Waals surface area contributed by atoms with Crippen molar-refractivity contribution in [2.24, 2.45) is 5.92 Å². The van der Waals surface area contributed by atoms with Gasteiger partial charge in [0.1, 0.15) is 5.78 Å². The quantitative estimate of drug-likeness (QED) is 0.378. The van der Waals surface area contributed by atoms with Gasteiger partial charge in [-0.15, -0.1) is 0 Å². The Hall–Kier alpha value is -1.08. The topological polar surface area (TPSA) is 83.8 Å². The van der Waals surface area contributed by atoms with Crippen LogP contribution in [0.25, 0.3) is 0 Å². The molecule has 2 unspecified atom stereocenters. The molecule has 1 aromatic rings. The molecule has 2 rings (SSSR count). The Kier molecular flexibility index (Phi) is 10.5. The lowest BCUT2D eigenvalue weighted by Crippen LogP contribution is -2.26. The molecule has 7 heteroatoms. The second-order valence-corrected chi connectivity index (χ2v) is 9.31. The third-order valence-corrected chi connectivity index (χ3v) is 7.15. The average Bonchev–Trinajstić information content (AvgIpc) is 2.95. The lowest BCUT2D eigenvalue weighted by atomic mass is 9.98. The second-order valence-electron chi connectivity index (χ2n) is 7.66. The third kappa shape index (κ3) is 8.28. The lowest BCUT2D eigenvalue weighted by molar-refractivity contribution is -0.140. The second kappa shape index (κ2) is 12.6. The highest BCUT2D eigenvalue weighted by Crippen LogP contribution is 2.36. The molecule has 162 valence electrons. The van der Waals surface area contributed by atoms with E-state index in [4.69, 9.17) is 11.6 Å². The first-order valence-electron chi connectivity index (χ1n) is 10.2. The van der Waals surface area contributed by atoms with Crippen molar-refractivity contribution in [3.8, 4) is 0 Å². The van der Waals surface area contributed by atoms with E-state index in [9.17, 15) is 19.8 Å². The van der Waals surface area contributed by atoms with Crippen LogP contribution >= 0.6 is 23.4 Å². The van der Waals surface area contributed by atoms with Crippen LogP contribution < -0.4 is 0 Å². The van der Waals surface area contributed by atoms with E-state index >= 15 is 0 Å². The van der Waals surface area contributed by atoms with Crippen molar-refractivity contribution in [2.75, 3.05) is 12.9 Å². The molecule has 4 atom stereocenters. The lowest BCUT2D eigenvalue weighted by Gasteiger charge is -2.22. The monoisotopic (exact) mass is 442 g/mol. The molecule has 1 aromatic carbocycles. The van der Waals surface area contributed by atoms with Crippen LogP contribution in [0.3, 0.4) is 0 Å². The third-order valence-electron chi connectivity index (χ3n) is 5.31. The van der Waals surface area contributed by atoms with Gasteiger partial charge in [-0.05, 0) is 37.0 Å². The van der Waals surface area contributed by atoms with Gasteiger partial charge >= 0.3 is 5.97 Å². The molecule has 0 radical (unpaired) electrons. The summed E-state index contributed by atoms with van der Waals surface area (Å²) in [6.45, 7) is 0. The number of benzene rings is 1. The molecule has 1 aliphatic rings. The maximum Gasteiger partial charge on any atom is 0.305 e. The van der Waals surface area contributed by atoms with E-state index in [0.717, 1.165) is 37.7 Å². The highest BCUT2D eigenvalue weighted by atomic mass is 35.5. The summed E-state index contributed by atoms with van der Waals surface area (Å²) in [5.74, 6) is 0.242. The first-order chi connectivity index (χ1) is 13.9. The minimum absolute atomic E-state index is 0.119. The molecule has 0 aliphatic heterocycles. The van der Waals surface area contributed by atoms with Gasteiger partial charge in [-0.3, -0.25) is 9.59 Å². The molecule has 0 amide bonds. The Morgan fingerprint density at radius 1 is 1.31 bits per heavy atom. The molecule has 2 N–H and O–H groups in total. The van der Waals surface area contributed by atoms with Crippen LogP contribution in [0.1, 0.15) is 50.5 Å². The molecule has 0 aromatic heterocycles. The number of ketones is 1. The largest absolute Gasteiger partial charge is 0.469 e. The van der Waals surface area contributed by atoms with Gasteiger partial charge in [0.05, 0.1) is 19.3 Å². The van der Waals surface area contributed by atoms with Gasteiger partial charge in [-0.1, -0.05) is 43.0 Å². The number of rotatable bonds is 12. The highest BCUT2D eigenvalue weighted by molar-refractivity contribution is 8.00. The van der Waals surface area contributed by atoms with Crippen molar-refractivity contribution in [3.63, 3.8) is 0 Å². The summed E-state index contributed by atoms with van der Waals surface area (Å²) < 4.78 is 4.63. The zero-order valence-electron chi connectivity index (χ0n) is 16.9. The van der Waals surface area contributed by atoms with Crippen LogP contribution in [0.15, 0.2) is 24.3 Å². The number of Topliss-reactive ketones (excluding diaryl/α,β-unsaturated/α-hetero) is 1. The fourth-order valence-corrected chi connectivity index (χ4v) is 5.40. The zero-order valence-corrected chi connectivity index (χ0v) is 18.5. The molecule has 5 nitrogen and oxygen atoms in total. The Bertz CT molecular complexity index is 668. The molecule has 1 fully saturated rings. The molecule has 1 saturated carbocycles. The number of halogens is 1. The standard InChI is InChI=1S/C22H31ClO5S/c1-28-21(27)10-5-3-2-4-9-18-19(25)13-20(26)22(18)29-14-17(24)12-15-7-6-8-16(23)11-15/h6-8,11,17-18,20,22,24,26H,2-5,9-10,12-14H2,1H3/t17?,18-,20?,22+/m0/s1. The average molecular weight is 443 g/mol. The first-order valence-corrected chi connectivity index (χ1v) is 11.6.